The average Bonchev–Trinajstić information content (AvgIpc) is 2.76. The van der Waals surface area contributed by atoms with Crippen molar-refractivity contribution in [3.8, 4) is 0 Å². The maximum atomic E-state index is 13.6. The lowest BCUT2D eigenvalue weighted by molar-refractivity contribution is -0.148. The molecule has 0 aromatic heterocycles. The Balaban J connectivity index is 1.54. The van der Waals surface area contributed by atoms with Gasteiger partial charge in [0.15, 0.2) is 0 Å². The van der Waals surface area contributed by atoms with Gasteiger partial charge < -0.3 is 19.6 Å². The monoisotopic (exact) mass is 412 g/mol. The van der Waals surface area contributed by atoms with E-state index in [0.29, 0.717) is 18.7 Å². The van der Waals surface area contributed by atoms with Crippen LogP contribution in [0.2, 0.25) is 0 Å². The summed E-state index contributed by atoms with van der Waals surface area (Å²) in [5.74, 6) is -0.344. The van der Waals surface area contributed by atoms with Gasteiger partial charge in [-0.1, -0.05) is 42.5 Å². The molecule has 1 N–H and O–H groups in total. The first-order valence-electron chi connectivity index (χ1n) is 10.7. The number of likely N-dealkylation sites (tertiary alicyclic amines) is 1. The molecule has 2 fully saturated rings. The van der Waals surface area contributed by atoms with Crippen LogP contribution in [0.1, 0.15) is 30.0 Å². The Morgan fingerprint density at radius 1 is 1.07 bits per heavy atom. The van der Waals surface area contributed by atoms with Gasteiger partial charge in [-0.2, -0.15) is 0 Å². The van der Waals surface area contributed by atoms with Crippen LogP contribution in [0.15, 0.2) is 54.6 Å². The highest BCUT2D eigenvalue weighted by Crippen LogP contribution is 2.31. The minimum Gasteiger partial charge on any atom is -0.393 e. The summed E-state index contributed by atoms with van der Waals surface area (Å²) in [5, 5.41) is 9.80. The molecule has 0 saturated carbocycles. The zero-order valence-corrected chi connectivity index (χ0v) is 17.1. The number of piperidine rings is 1. The van der Waals surface area contributed by atoms with E-state index in [0.717, 1.165) is 38.0 Å². The predicted molar refractivity (Wildman–Crippen MR) is 112 cm³/mol. The second-order valence-corrected chi connectivity index (χ2v) is 8.19. The molecule has 0 bridgehead atoms. The van der Waals surface area contributed by atoms with Gasteiger partial charge in [-0.15, -0.1) is 0 Å². The summed E-state index contributed by atoms with van der Waals surface area (Å²) in [5.41, 5.74) is 1.73. The third-order valence-electron chi connectivity index (χ3n) is 6.05. The van der Waals surface area contributed by atoms with Crippen molar-refractivity contribution >= 4 is 5.91 Å². The number of hydrogen-bond donors (Lipinski definition) is 1. The number of rotatable bonds is 5. The second kappa shape index (κ2) is 9.69. The van der Waals surface area contributed by atoms with E-state index in [2.05, 4.69) is 4.90 Å². The molecule has 2 atom stereocenters. The molecule has 2 aromatic rings. The fraction of sp³-hybridized carbons (Fsp3) is 0.458. The maximum Gasteiger partial charge on any atom is 0.227 e. The summed E-state index contributed by atoms with van der Waals surface area (Å²) in [4.78, 5) is 17.5. The van der Waals surface area contributed by atoms with Crippen molar-refractivity contribution in [2.45, 2.75) is 37.5 Å². The smallest absolute Gasteiger partial charge is 0.227 e. The standard InChI is InChI=1S/C24H29FN2O3/c25-20-8-4-5-18(15-20)16-23(29)27-13-14-30-22(17-26-11-9-21(28)10-12-26)24(27)19-6-2-1-3-7-19/h1-8,15,21-22,24,28H,9-14,16-17H2/t22-,24-/m0/s1. The van der Waals surface area contributed by atoms with Crippen molar-refractivity contribution in [1.29, 1.82) is 0 Å². The van der Waals surface area contributed by atoms with E-state index in [1.165, 1.54) is 12.1 Å². The van der Waals surface area contributed by atoms with Crippen LogP contribution in [0.5, 0.6) is 0 Å². The Morgan fingerprint density at radius 2 is 1.83 bits per heavy atom. The van der Waals surface area contributed by atoms with Gasteiger partial charge >= 0.3 is 0 Å². The molecule has 6 heteroatoms. The Morgan fingerprint density at radius 3 is 2.57 bits per heavy atom. The summed E-state index contributed by atoms with van der Waals surface area (Å²) < 4.78 is 19.7. The van der Waals surface area contributed by atoms with E-state index in [-0.39, 0.29) is 36.4 Å². The molecule has 1 amide bonds. The van der Waals surface area contributed by atoms with Gasteiger partial charge in [-0.25, -0.2) is 4.39 Å². The Labute approximate surface area is 177 Å². The van der Waals surface area contributed by atoms with E-state index in [4.69, 9.17) is 4.74 Å². The third-order valence-corrected chi connectivity index (χ3v) is 6.05. The molecule has 0 unspecified atom stereocenters. The van der Waals surface area contributed by atoms with Crippen molar-refractivity contribution in [3.05, 3.63) is 71.5 Å². The number of aliphatic hydroxyl groups excluding tert-OH is 1. The van der Waals surface area contributed by atoms with Gasteiger partial charge in [-0.05, 0) is 36.1 Å². The number of morpholine rings is 1. The fourth-order valence-corrected chi connectivity index (χ4v) is 4.49. The van der Waals surface area contributed by atoms with Gasteiger partial charge in [0.1, 0.15) is 5.82 Å². The summed E-state index contributed by atoms with van der Waals surface area (Å²) >= 11 is 0. The molecular formula is C24H29FN2O3. The van der Waals surface area contributed by atoms with Crippen LogP contribution in [0.25, 0.3) is 0 Å². The lowest BCUT2D eigenvalue weighted by atomic mass is 9.96. The number of hydrogen-bond acceptors (Lipinski definition) is 4. The molecule has 4 rings (SSSR count). The van der Waals surface area contributed by atoms with E-state index in [9.17, 15) is 14.3 Å². The van der Waals surface area contributed by atoms with Crippen molar-refractivity contribution < 1.29 is 19.0 Å². The zero-order chi connectivity index (χ0) is 20.9. The highest BCUT2D eigenvalue weighted by molar-refractivity contribution is 5.79. The summed E-state index contributed by atoms with van der Waals surface area (Å²) in [6.07, 6.45) is 1.34. The van der Waals surface area contributed by atoms with Crippen LogP contribution < -0.4 is 0 Å². The van der Waals surface area contributed by atoms with Gasteiger partial charge in [-0.3, -0.25) is 4.79 Å². The molecule has 2 saturated heterocycles. The van der Waals surface area contributed by atoms with Crippen LogP contribution in [0.4, 0.5) is 4.39 Å². The first-order valence-corrected chi connectivity index (χ1v) is 10.7. The van der Waals surface area contributed by atoms with Gasteiger partial charge in [0.05, 0.1) is 31.3 Å². The van der Waals surface area contributed by atoms with Gasteiger partial charge in [0, 0.05) is 26.2 Å². The number of halogens is 1. The Kier molecular flexibility index (Phi) is 6.77. The zero-order valence-electron chi connectivity index (χ0n) is 17.1. The topological polar surface area (TPSA) is 53.0 Å². The number of benzene rings is 2. The van der Waals surface area contributed by atoms with E-state index in [1.807, 2.05) is 35.2 Å². The van der Waals surface area contributed by atoms with Crippen LogP contribution in [0.3, 0.4) is 0 Å². The molecule has 2 aliphatic rings. The molecule has 30 heavy (non-hydrogen) atoms. The third kappa shape index (κ3) is 5.06. The van der Waals surface area contributed by atoms with E-state index < -0.39 is 0 Å². The molecule has 2 heterocycles. The SMILES string of the molecule is O=C(Cc1cccc(F)c1)N1CCO[C@@H](CN2CCC(O)CC2)[C@@H]1c1ccccc1. The minimum atomic E-state index is -0.327. The molecule has 0 radical (unpaired) electrons. The number of amides is 1. The number of nitrogens with zero attached hydrogens (tertiary/aromatic N) is 2. The van der Waals surface area contributed by atoms with Gasteiger partial charge in [0.2, 0.25) is 5.91 Å². The first-order chi connectivity index (χ1) is 14.6. The highest BCUT2D eigenvalue weighted by Gasteiger charge is 2.37. The molecule has 0 spiro atoms. The molecular weight excluding hydrogens is 383 g/mol. The van der Waals surface area contributed by atoms with Crippen molar-refractivity contribution in [3.63, 3.8) is 0 Å². The second-order valence-electron chi connectivity index (χ2n) is 8.19. The summed E-state index contributed by atoms with van der Waals surface area (Å²) in [6, 6.07) is 16.0. The lowest BCUT2D eigenvalue weighted by Crippen LogP contribution is -2.53. The average molecular weight is 413 g/mol. The largest absolute Gasteiger partial charge is 0.393 e. The van der Waals surface area contributed by atoms with Crippen LogP contribution in [0, 0.1) is 5.82 Å². The van der Waals surface area contributed by atoms with Crippen LogP contribution >= 0.6 is 0 Å². The number of aliphatic hydroxyl groups is 1. The highest BCUT2D eigenvalue weighted by atomic mass is 19.1. The van der Waals surface area contributed by atoms with Crippen LogP contribution in [-0.2, 0) is 16.0 Å². The van der Waals surface area contributed by atoms with Crippen LogP contribution in [-0.4, -0.2) is 65.8 Å². The predicted octanol–water partition coefficient (Wildman–Crippen LogP) is 2.79. The maximum absolute atomic E-state index is 13.6. The number of carbonyl (C=O) groups excluding carboxylic acids is 1. The first kappa shape index (κ1) is 21.0. The number of carbonyl (C=O) groups is 1. The molecule has 5 nitrogen and oxygen atoms in total. The lowest BCUT2D eigenvalue weighted by Gasteiger charge is -2.44. The van der Waals surface area contributed by atoms with E-state index in [1.54, 1.807) is 12.1 Å². The fourth-order valence-electron chi connectivity index (χ4n) is 4.49. The van der Waals surface area contributed by atoms with Crippen molar-refractivity contribution in [1.82, 2.24) is 9.80 Å². The number of ether oxygens (including phenoxy) is 1. The Hall–Kier alpha value is -2.28. The van der Waals surface area contributed by atoms with Crippen molar-refractivity contribution in [2.75, 3.05) is 32.8 Å². The molecule has 160 valence electrons. The van der Waals surface area contributed by atoms with E-state index >= 15 is 0 Å². The minimum absolute atomic E-state index is 0.0168. The van der Waals surface area contributed by atoms with Gasteiger partial charge in [0.25, 0.3) is 0 Å². The molecule has 2 aliphatic heterocycles. The normalized spacial score (nSPS) is 23.5. The molecule has 0 aliphatic carbocycles. The van der Waals surface area contributed by atoms with Crippen molar-refractivity contribution in [2.24, 2.45) is 0 Å². The Bertz CT molecular complexity index is 839. The summed E-state index contributed by atoms with van der Waals surface area (Å²) in [7, 11) is 0. The summed E-state index contributed by atoms with van der Waals surface area (Å²) in [6.45, 7) is 3.39. The quantitative estimate of drug-likeness (QED) is 0.821. The molecule has 2 aromatic carbocycles.